The standard InChI is InChI=1S/C22H19N3O2/c1-3-27-22(26)21-20(15(2)25(24-21)17-10-5-4-6-11-17)19-14-13-16-9-7-8-12-18(16)23-19/h4-14H,3H2,1-2H3. The van der Waals surface area contributed by atoms with Crippen molar-refractivity contribution in [3.05, 3.63) is 78.1 Å². The van der Waals surface area contributed by atoms with Gasteiger partial charge in [-0.25, -0.2) is 14.5 Å². The average Bonchev–Trinajstić information content (AvgIpc) is 3.06. The SMILES string of the molecule is CCOC(=O)c1nn(-c2ccccc2)c(C)c1-c1ccc2ccccc2n1. The number of pyridine rings is 1. The first-order chi connectivity index (χ1) is 13.2. The van der Waals surface area contributed by atoms with Gasteiger partial charge in [0.1, 0.15) is 0 Å². The maximum Gasteiger partial charge on any atom is 0.359 e. The van der Waals surface area contributed by atoms with Gasteiger partial charge in [-0.15, -0.1) is 0 Å². The summed E-state index contributed by atoms with van der Waals surface area (Å²) in [4.78, 5) is 17.3. The van der Waals surface area contributed by atoms with Gasteiger partial charge in [-0.05, 0) is 38.1 Å². The van der Waals surface area contributed by atoms with E-state index in [0.29, 0.717) is 17.9 Å². The Kier molecular flexibility index (Phi) is 4.42. The van der Waals surface area contributed by atoms with Crippen molar-refractivity contribution in [3.8, 4) is 16.9 Å². The third-order valence-corrected chi connectivity index (χ3v) is 4.44. The molecule has 0 fully saturated rings. The molecule has 0 atom stereocenters. The molecule has 0 N–H and O–H groups in total. The minimum Gasteiger partial charge on any atom is -0.461 e. The molecule has 27 heavy (non-hydrogen) atoms. The number of nitrogens with zero attached hydrogens (tertiary/aromatic N) is 3. The third kappa shape index (κ3) is 3.08. The normalized spacial score (nSPS) is 10.9. The van der Waals surface area contributed by atoms with E-state index in [1.165, 1.54) is 0 Å². The molecule has 4 rings (SSSR count). The Labute approximate surface area is 157 Å². The molecule has 2 aromatic heterocycles. The minimum absolute atomic E-state index is 0.279. The molecule has 0 saturated heterocycles. The molecule has 5 heteroatoms. The molecule has 5 nitrogen and oxygen atoms in total. The second kappa shape index (κ2) is 7.03. The van der Waals surface area contributed by atoms with E-state index in [-0.39, 0.29) is 5.69 Å². The molecular formula is C22H19N3O2. The van der Waals surface area contributed by atoms with E-state index < -0.39 is 5.97 Å². The van der Waals surface area contributed by atoms with E-state index in [2.05, 4.69) is 5.10 Å². The van der Waals surface area contributed by atoms with Crippen LogP contribution in [0.4, 0.5) is 0 Å². The highest BCUT2D eigenvalue weighted by Gasteiger charge is 2.24. The highest BCUT2D eigenvalue weighted by Crippen LogP contribution is 2.29. The van der Waals surface area contributed by atoms with Gasteiger partial charge in [0.2, 0.25) is 0 Å². The summed E-state index contributed by atoms with van der Waals surface area (Å²) in [7, 11) is 0. The van der Waals surface area contributed by atoms with Crippen LogP contribution in [0.5, 0.6) is 0 Å². The molecule has 0 bridgehead atoms. The highest BCUT2D eigenvalue weighted by molar-refractivity contribution is 5.96. The second-order valence-corrected chi connectivity index (χ2v) is 6.17. The molecule has 134 valence electrons. The Morgan fingerprint density at radius 2 is 1.74 bits per heavy atom. The lowest BCUT2D eigenvalue weighted by Gasteiger charge is -2.06. The van der Waals surface area contributed by atoms with Gasteiger partial charge >= 0.3 is 5.97 Å². The first kappa shape index (κ1) is 17.0. The maximum atomic E-state index is 12.6. The van der Waals surface area contributed by atoms with Crippen LogP contribution >= 0.6 is 0 Å². The summed E-state index contributed by atoms with van der Waals surface area (Å²) in [6.45, 7) is 4.02. The highest BCUT2D eigenvalue weighted by atomic mass is 16.5. The van der Waals surface area contributed by atoms with Gasteiger partial charge in [-0.2, -0.15) is 5.10 Å². The van der Waals surface area contributed by atoms with Crippen LogP contribution in [-0.4, -0.2) is 27.3 Å². The van der Waals surface area contributed by atoms with Crippen molar-refractivity contribution in [2.75, 3.05) is 6.61 Å². The lowest BCUT2D eigenvalue weighted by Crippen LogP contribution is -2.08. The van der Waals surface area contributed by atoms with Gasteiger partial charge in [0, 0.05) is 5.39 Å². The van der Waals surface area contributed by atoms with Gasteiger partial charge in [0.05, 0.1) is 34.8 Å². The summed E-state index contributed by atoms with van der Waals surface area (Å²) in [5.74, 6) is -0.444. The molecule has 4 aromatic rings. The van der Waals surface area contributed by atoms with Crippen molar-refractivity contribution in [3.63, 3.8) is 0 Å². The Bertz CT molecular complexity index is 1120. The fraction of sp³-hybridized carbons (Fsp3) is 0.136. The Balaban J connectivity index is 1.94. The fourth-order valence-corrected chi connectivity index (χ4v) is 3.18. The van der Waals surface area contributed by atoms with Crippen LogP contribution in [0, 0.1) is 6.92 Å². The molecule has 0 unspecified atom stereocenters. The summed E-state index contributed by atoms with van der Waals surface area (Å²) in [5, 5.41) is 5.61. The molecule has 0 amide bonds. The van der Waals surface area contributed by atoms with E-state index in [9.17, 15) is 4.79 Å². The van der Waals surface area contributed by atoms with Gasteiger partial charge < -0.3 is 4.74 Å². The number of hydrogen-bond donors (Lipinski definition) is 0. The van der Waals surface area contributed by atoms with Crippen LogP contribution in [0.1, 0.15) is 23.1 Å². The molecule has 0 spiro atoms. The van der Waals surface area contributed by atoms with Crippen LogP contribution in [-0.2, 0) is 4.74 Å². The number of ether oxygens (including phenoxy) is 1. The van der Waals surface area contributed by atoms with Crippen molar-refractivity contribution < 1.29 is 9.53 Å². The minimum atomic E-state index is -0.444. The smallest absolute Gasteiger partial charge is 0.359 e. The van der Waals surface area contributed by atoms with Crippen molar-refractivity contribution in [1.29, 1.82) is 0 Å². The second-order valence-electron chi connectivity index (χ2n) is 6.17. The number of carbonyl (C=O) groups is 1. The lowest BCUT2D eigenvalue weighted by atomic mass is 10.1. The number of para-hydroxylation sites is 2. The van der Waals surface area contributed by atoms with Crippen LogP contribution in [0.2, 0.25) is 0 Å². The van der Waals surface area contributed by atoms with Crippen molar-refractivity contribution in [2.45, 2.75) is 13.8 Å². The molecule has 0 radical (unpaired) electrons. The monoisotopic (exact) mass is 357 g/mol. The van der Waals surface area contributed by atoms with E-state index in [0.717, 1.165) is 22.3 Å². The summed E-state index contributed by atoms with van der Waals surface area (Å²) >= 11 is 0. The van der Waals surface area contributed by atoms with Crippen LogP contribution in [0.15, 0.2) is 66.7 Å². The Morgan fingerprint density at radius 3 is 2.52 bits per heavy atom. The van der Waals surface area contributed by atoms with E-state index in [1.807, 2.05) is 73.7 Å². The predicted octanol–water partition coefficient (Wildman–Crippen LogP) is 4.57. The van der Waals surface area contributed by atoms with Crippen LogP contribution in [0.25, 0.3) is 27.8 Å². The van der Waals surface area contributed by atoms with Gasteiger partial charge in [0.25, 0.3) is 0 Å². The molecule has 0 saturated carbocycles. The summed E-state index contributed by atoms with van der Waals surface area (Å²) in [6, 6.07) is 21.6. The molecule has 0 aliphatic heterocycles. The van der Waals surface area contributed by atoms with Gasteiger partial charge in [-0.3, -0.25) is 0 Å². The van der Waals surface area contributed by atoms with Crippen LogP contribution in [0.3, 0.4) is 0 Å². The maximum absolute atomic E-state index is 12.6. The quantitative estimate of drug-likeness (QED) is 0.502. The Morgan fingerprint density at radius 1 is 1.00 bits per heavy atom. The van der Waals surface area contributed by atoms with Crippen LogP contribution < -0.4 is 0 Å². The third-order valence-electron chi connectivity index (χ3n) is 4.44. The predicted molar refractivity (Wildman–Crippen MR) is 105 cm³/mol. The van der Waals surface area contributed by atoms with Crippen molar-refractivity contribution in [2.24, 2.45) is 0 Å². The molecule has 2 heterocycles. The van der Waals surface area contributed by atoms with E-state index >= 15 is 0 Å². The number of esters is 1. The number of hydrogen-bond acceptors (Lipinski definition) is 4. The molecule has 2 aromatic carbocycles. The first-order valence-electron chi connectivity index (χ1n) is 8.87. The summed E-state index contributed by atoms with van der Waals surface area (Å²) in [6.07, 6.45) is 0. The fourth-order valence-electron chi connectivity index (χ4n) is 3.18. The zero-order valence-corrected chi connectivity index (χ0v) is 15.2. The lowest BCUT2D eigenvalue weighted by molar-refractivity contribution is 0.0520. The van der Waals surface area contributed by atoms with E-state index in [4.69, 9.17) is 9.72 Å². The topological polar surface area (TPSA) is 57.0 Å². The van der Waals surface area contributed by atoms with Crippen molar-refractivity contribution in [1.82, 2.24) is 14.8 Å². The molecule has 0 aliphatic carbocycles. The molecular weight excluding hydrogens is 338 g/mol. The zero-order valence-electron chi connectivity index (χ0n) is 15.2. The average molecular weight is 357 g/mol. The number of fused-ring (bicyclic) bond motifs is 1. The largest absolute Gasteiger partial charge is 0.461 e. The van der Waals surface area contributed by atoms with E-state index in [1.54, 1.807) is 11.6 Å². The summed E-state index contributed by atoms with van der Waals surface area (Å²) in [5.41, 5.74) is 4.27. The van der Waals surface area contributed by atoms with Gasteiger partial charge in [0.15, 0.2) is 5.69 Å². The Hall–Kier alpha value is -3.47. The molecule has 0 aliphatic rings. The number of rotatable bonds is 4. The summed E-state index contributed by atoms with van der Waals surface area (Å²) < 4.78 is 7.00. The zero-order chi connectivity index (χ0) is 18.8. The number of aromatic nitrogens is 3. The first-order valence-corrected chi connectivity index (χ1v) is 8.87. The van der Waals surface area contributed by atoms with Crippen molar-refractivity contribution >= 4 is 16.9 Å². The van der Waals surface area contributed by atoms with Gasteiger partial charge in [-0.1, -0.05) is 42.5 Å². The number of carbonyl (C=O) groups excluding carboxylic acids is 1. The number of benzene rings is 2.